The van der Waals surface area contributed by atoms with Crippen LogP contribution in [0.2, 0.25) is 0 Å². The number of nitrogens with one attached hydrogen (secondary N) is 1. The molecule has 6 nitrogen and oxygen atoms in total. The van der Waals surface area contributed by atoms with E-state index < -0.39 is 10.0 Å². The first-order valence-corrected chi connectivity index (χ1v) is 8.63. The van der Waals surface area contributed by atoms with Crippen molar-refractivity contribution in [2.75, 3.05) is 25.9 Å². The normalized spacial score (nSPS) is 21.2. The van der Waals surface area contributed by atoms with Gasteiger partial charge in [-0.1, -0.05) is 6.42 Å². The molecule has 3 N–H and O–H groups in total. The van der Waals surface area contributed by atoms with Crippen LogP contribution in [0.25, 0.3) is 0 Å². The van der Waals surface area contributed by atoms with Gasteiger partial charge in [-0.3, -0.25) is 4.99 Å². The summed E-state index contributed by atoms with van der Waals surface area (Å²) >= 11 is 0. The SMILES string of the molecule is CN(C(N)=NCCS(=O)(=O)NCC1CCC1)C1CC1. The zero-order chi connectivity index (χ0) is 13.9. The molecule has 0 aromatic rings. The van der Waals surface area contributed by atoms with Crippen molar-refractivity contribution >= 4 is 16.0 Å². The molecule has 2 rings (SSSR count). The Kier molecular flexibility index (Phi) is 4.67. The highest BCUT2D eigenvalue weighted by atomic mass is 32.2. The third-order valence-electron chi connectivity index (χ3n) is 3.91. The number of hydrogen-bond acceptors (Lipinski definition) is 3. The van der Waals surface area contributed by atoms with Gasteiger partial charge in [0, 0.05) is 19.6 Å². The van der Waals surface area contributed by atoms with E-state index in [1.165, 1.54) is 6.42 Å². The third-order valence-corrected chi connectivity index (χ3v) is 5.23. The number of aliphatic imine (C=N–C) groups is 1. The van der Waals surface area contributed by atoms with Crippen molar-refractivity contribution in [3.63, 3.8) is 0 Å². The van der Waals surface area contributed by atoms with Crippen LogP contribution in [0.15, 0.2) is 4.99 Å². The lowest BCUT2D eigenvalue weighted by molar-refractivity contribution is 0.316. The van der Waals surface area contributed by atoms with Crippen LogP contribution in [0.1, 0.15) is 32.1 Å². The molecule has 0 spiro atoms. The van der Waals surface area contributed by atoms with Gasteiger partial charge in [0.15, 0.2) is 5.96 Å². The molecule has 0 aliphatic heterocycles. The van der Waals surface area contributed by atoms with Gasteiger partial charge in [-0.25, -0.2) is 13.1 Å². The van der Waals surface area contributed by atoms with E-state index in [0.29, 0.717) is 24.5 Å². The highest BCUT2D eigenvalue weighted by Crippen LogP contribution is 2.25. The average molecular weight is 288 g/mol. The smallest absolute Gasteiger partial charge is 0.213 e. The van der Waals surface area contributed by atoms with Gasteiger partial charge in [0.05, 0.1) is 12.3 Å². The fourth-order valence-electron chi connectivity index (χ4n) is 2.05. The lowest BCUT2D eigenvalue weighted by Crippen LogP contribution is -2.37. The molecule has 7 heteroatoms. The van der Waals surface area contributed by atoms with Crippen LogP contribution in [0.5, 0.6) is 0 Å². The summed E-state index contributed by atoms with van der Waals surface area (Å²) in [4.78, 5) is 6.06. The molecule has 19 heavy (non-hydrogen) atoms. The lowest BCUT2D eigenvalue weighted by Gasteiger charge is -2.25. The van der Waals surface area contributed by atoms with Gasteiger partial charge in [0.1, 0.15) is 0 Å². The zero-order valence-corrected chi connectivity index (χ0v) is 12.3. The molecule has 0 saturated heterocycles. The Bertz CT molecular complexity index is 427. The van der Waals surface area contributed by atoms with Gasteiger partial charge in [-0.05, 0) is 31.6 Å². The Morgan fingerprint density at radius 2 is 2.05 bits per heavy atom. The summed E-state index contributed by atoms with van der Waals surface area (Å²) in [5.41, 5.74) is 5.80. The van der Waals surface area contributed by atoms with Gasteiger partial charge in [-0.2, -0.15) is 0 Å². The quantitative estimate of drug-likeness (QED) is 0.514. The minimum atomic E-state index is -3.21. The van der Waals surface area contributed by atoms with E-state index in [1.807, 2.05) is 11.9 Å². The summed E-state index contributed by atoms with van der Waals surface area (Å²) in [5, 5.41) is 0. The molecule has 0 amide bonds. The number of hydrogen-bond donors (Lipinski definition) is 2. The molecule has 2 aliphatic rings. The number of nitrogens with zero attached hydrogens (tertiary/aromatic N) is 2. The molecule has 0 bridgehead atoms. The Balaban J connectivity index is 1.69. The van der Waals surface area contributed by atoms with E-state index in [2.05, 4.69) is 9.71 Å². The third kappa shape index (κ3) is 4.65. The van der Waals surface area contributed by atoms with Gasteiger partial charge in [-0.15, -0.1) is 0 Å². The van der Waals surface area contributed by atoms with Gasteiger partial charge >= 0.3 is 0 Å². The first kappa shape index (κ1) is 14.6. The number of rotatable bonds is 7. The van der Waals surface area contributed by atoms with E-state index in [0.717, 1.165) is 25.7 Å². The fourth-order valence-corrected chi connectivity index (χ4v) is 3.02. The van der Waals surface area contributed by atoms with E-state index in [9.17, 15) is 8.42 Å². The van der Waals surface area contributed by atoms with E-state index in [-0.39, 0.29) is 12.3 Å². The zero-order valence-electron chi connectivity index (χ0n) is 11.5. The highest BCUT2D eigenvalue weighted by molar-refractivity contribution is 7.89. The standard InChI is InChI=1S/C12H24N4O2S/c1-16(11-5-6-11)12(13)14-7-8-19(17,18)15-9-10-3-2-4-10/h10-11,15H,2-9H2,1H3,(H2,13,14). The average Bonchev–Trinajstić information content (AvgIpc) is 3.09. The van der Waals surface area contributed by atoms with Gasteiger partial charge < -0.3 is 10.6 Å². The van der Waals surface area contributed by atoms with Gasteiger partial charge in [0.2, 0.25) is 10.0 Å². The molecule has 0 radical (unpaired) electrons. The maximum Gasteiger partial charge on any atom is 0.213 e. The summed E-state index contributed by atoms with van der Waals surface area (Å²) in [6, 6.07) is 0.497. The molecule has 110 valence electrons. The van der Waals surface area contributed by atoms with Crippen LogP contribution in [0.4, 0.5) is 0 Å². The summed E-state index contributed by atoms with van der Waals surface area (Å²) in [6.45, 7) is 0.798. The largest absolute Gasteiger partial charge is 0.370 e. The second kappa shape index (κ2) is 6.09. The van der Waals surface area contributed by atoms with Crippen LogP contribution in [0.3, 0.4) is 0 Å². The molecular weight excluding hydrogens is 264 g/mol. The summed E-state index contributed by atoms with van der Waals surface area (Å²) in [6.07, 6.45) is 5.79. The van der Waals surface area contributed by atoms with Crippen molar-refractivity contribution in [2.24, 2.45) is 16.6 Å². The lowest BCUT2D eigenvalue weighted by atomic mass is 9.86. The monoisotopic (exact) mass is 288 g/mol. The summed E-state index contributed by atoms with van der Waals surface area (Å²) in [7, 11) is -1.31. The number of nitrogens with two attached hydrogens (primary N) is 1. The van der Waals surface area contributed by atoms with Crippen molar-refractivity contribution in [1.29, 1.82) is 0 Å². The number of guanidine groups is 1. The Labute approximate surface area is 115 Å². The van der Waals surface area contributed by atoms with Crippen LogP contribution in [-0.2, 0) is 10.0 Å². The topological polar surface area (TPSA) is 87.8 Å². The molecule has 0 heterocycles. The summed E-state index contributed by atoms with van der Waals surface area (Å²) < 4.78 is 26.1. The van der Waals surface area contributed by atoms with Crippen LogP contribution in [-0.4, -0.2) is 51.2 Å². The molecule has 2 aliphatic carbocycles. The molecular formula is C12H24N4O2S. The Hall–Kier alpha value is -0.820. The second-order valence-electron chi connectivity index (χ2n) is 5.55. The molecule has 0 atom stereocenters. The maximum absolute atomic E-state index is 11.7. The van der Waals surface area contributed by atoms with Crippen molar-refractivity contribution in [2.45, 2.75) is 38.1 Å². The first-order valence-electron chi connectivity index (χ1n) is 6.98. The predicted molar refractivity (Wildman–Crippen MR) is 76.4 cm³/mol. The van der Waals surface area contributed by atoms with Crippen LogP contribution < -0.4 is 10.5 Å². The van der Waals surface area contributed by atoms with E-state index >= 15 is 0 Å². The van der Waals surface area contributed by atoms with Crippen molar-refractivity contribution in [3.05, 3.63) is 0 Å². The molecule has 2 saturated carbocycles. The maximum atomic E-state index is 11.7. The predicted octanol–water partition coefficient (Wildman–Crippen LogP) is 0.115. The Morgan fingerprint density at radius 3 is 2.58 bits per heavy atom. The summed E-state index contributed by atoms with van der Waals surface area (Å²) in [5.74, 6) is 0.986. The van der Waals surface area contributed by atoms with E-state index in [1.54, 1.807) is 0 Å². The number of sulfonamides is 1. The van der Waals surface area contributed by atoms with Crippen molar-refractivity contribution in [1.82, 2.24) is 9.62 Å². The fraction of sp³-hybridized carbons (Fsp3) is 0.917. The minimum absolute atomic E-state index is 0.0128. The molecule has 2 fully saturated rings. The van der Waals surface area contributed by atoms with E-state index in [4.69, 9.17) is 5.73 Å². The van der Waals surface area contributed by atoms with Crippen molar-refractivity contribution in [3.8, 4) is 0 Å². The molecule has 0 aromatic carbocycles. The highest BCUT2D eigenvalue weighted by Gasteiger charge is 2.27. The second-order valence-corrected chi connectivity index (χ2v) is 7.47. The first-order chi connectivity index (χ1) is 8.98. The van der Waals surface area contributed by atoms with Crippen LogP contribution >= 0.6 is 0 Å². The van der Waals surface area contributed by atoms with Gasteiger partial charge in [0.25, 0.3) is 0 Å². The van der Waals surface area contributed by atoms with Crippen LogP contribution in [0, 0.1) is 5.92 Å². The minimum Gasteiger partial charge on any atom is -0.370 e. The Morgan fingerprint density at radius 1 is 1.37 bits per heavy atom. The van der Waals surface area contributed by atoms with Crippen molar-refractivity contribution < 1.29 is 8.42 Å². The molecule has 0 aromatic heterocycles. The molecule has 0 unspecified atom stereocenters.